The SMILES string of the molecule is CCCCCCCCCCCCCN(CCCC)c1cc(C(F)(F)F)ccc1OB(Oc1ccc(C(F)(F)F)cc1)Oc1ccc(C(F)(F)F)cc1. The van der Waals surface area contributed by atoms with E-state index in [1.807, 2.05) is 6.92 Å². The maximum Gasteiger partial charge on any atom is 0.864 e. The molecule has 0 aromatic heterocycles. The van der Waals surface area contributed by atoms with Gasteiger partial charge in [-0.1, -0.05) is 84.5 Å². The number of halogens is 9. The van der Waals surface area contributed by atoms with E-state index in [9.17, 15) is 39.5 Å². The minimum absolute atomic E-state index is 0.0731. The Bertz CT molecular complexity index is 1390. The van der Waals surface area contributed by atoms with E-state index >= 15 is 0 Å². The van der Waals surface area contributed by atoms with Crippen molar-refractivity contribution in [1.82, 2.24) is 0 Å². The van der Waals surface area contributed by atoms with Gasteiger partial charge in [0.05, 0.1) is 22.4 Å². The number of rotatable bonds is 22. The Hall–Kier alpha value is -3.71. The van der Waals surface area contributed by atoms with E-state index in [1.165, 1.54) is 38.5 Å². The van der Waals surface area contributed by atoms with Crippen molar-refractivity contribution >= 4 is 13.0 Å². The predicted molar refractivity (Wildman–Crippen MR) is 186 cm³/mol. The lowest BCUT2D eigenvalue weighted by molar-refractivity contribution is -0.138. The van der Waals surface area contributed by atoms with Crippen molar-refractivity contribution in [3.63, 3.8) is 0 Å². The van der Waals surface area contributed by atoms with Crippen molar-refractivity contribution in [2.45, 2.75) is 116 Å². The molecule has 3 aromatic carbocycles. The van der Waals surface area contributed by atoms with Crippen molar-refractivity contribution < 1.29 is 53.5 Å². The molecule has 0 N–H and O–H groups in total. The molecule has 3 aromatic rings. The fourth-order valence-corrected chi connectivity index (χ4v) is 5.55. The molecule has 0 bridgehead atoms. The van der Waals surface area contributed by atoms with Gasteiger partial charge in [-0.25, -0.2) is 0 Å². The molecule has 288 valence electrons. The Morgan fingerprint density at radius 3 is 1.27 bits per heavy atom. The maximum absolute atomic E-state index is 14.0. The van der Waals surface area contributed by atoms with Crippen molar-refractivity contribution in [3.05, 3.63) is 83.4 Å². The number of hydrogen-bond acceptors (Lipinski definition) is 4. The number of nitrogens with zero attached hydrogens (tertiary/aromatic N) is 1. The highest BCUT2D eigenvalue weighted by atomic mass is 19.4. The molecule has 0 aliphatic carbocycles. The van der Waals surface area contributed by atoms with Gasteiger partial charge in [-0.15, -0.1) is 0 Å². The summed E-state index contributed by atoms with van der Waals surface area (Å²) in [5.74, 6) is -0.375. The highest BCUT2D eigenvalue weighted by molar-refractivity contribution is 6.39. The van der Waals surface area contributed by atoms with Gasteiger partial charge in [-0.3, -0.25) is 0 Å². The Kier molecular flexibility index (Phi) is 16.8. The topological polar surface area (TPSA) is 30.9 Å². The fourth-order valence-electron chi connectivity index (χ4n) is 5.55. The zero-order valence-electron chi connectivity index (χ0n) is 29.6. The molecule has 0 amide bonds. The van der Waals surface area contributed by atoms with Gasteiger partial charge in [0.15, 0.2) is 0 Å². The van der Waals surface area contributed by atoms with Gasteiger partial charge in [-0.2, -0.15) is 39.5 Å². The lowest BCUT2D eigenvalue weighted by Gasteiger charge is -2.28. The molecule has 0 aliphatic rings. The van der Waals surface area contributed by atoms with Gasteiger partial charge < -0.3 is 18.9 Å². The minimum atomic E-state index is -4.67. The number of alkyl halides is 9. The summed E-state index contributed by atoms with van der Waals surface area (Å²) in [7, 11) is -1.82. The van der Waals surface area contributed by atoms with Crippen LogP contribution in [0.3, 0.4) is 0 Å². The summed E-state index contributed by atoms with van der Waals surface area (Å²) in [6.45, 7) is 4.98. The number of benzene rings is 3. The molecule has 0 spiro atoms. The standard InChI is InChI=1S/C38H47BF9NO3/c1-3-5-7-8-9-10-11-12-13-14-15-27-49(26-6-4-2)34-28-31(38(46,47)48)20-25-35(34)52-39(50-32-21-16-29(17-22-32)36(40,41)42)51-33-23-18-30(19-24-33)37(43,44)45/h16-25,28H,3-15,26-27H2,1-2H3. The van der Waals surface area contributed by atoms with Crippen molar-refractivity contribution in [3.8, 4) is 17.2 Å². The third-order valence-corrected chi connectivity index (χ3v) is 8.49. The van der Waals surface area contributed by atoms with Crippen LogP contribution in [0.5, 0.6) is 17.2 Å². The van der Waals surface area contributed by atoms with Gasteiger partial charge >= 0.3 is 25.9 Å². The van der Waals surface area contributed by atoms with Gasteiger partial charge in [0.2, 0.25) is 0 Å². The maximum atomic E-state index is 14.0. The lowest BCUT2D eigenvalue weighted by Crippen LogP contribution is -2.38. The van der Waals surface area contributed by atoms with Crippen LogP contribution in [0.2, 0.25) is 0 Å². The first-order chi connectivity index (χ1) is 24.6. The molecular formula is C38H47BF9NO3. The number of anilines is 1. The van der Waals surface area contributed by atoms with Crippen molar-refractivity contribution in [2.24, 2.45) is 0 Å². The molecule has 0 fully saturated rings. The van der Waals surface area contributed by atoms with E-state index in [0.29, 0.717) is 25.9 Å². The van der Waals surface area contributed by atoms with E-state index in [-0.39, 0.29) is 22.9 Å². The molecule has 52 heavy (non-hydrogen) atoms. The average molecular weight is 748 g/mol. The van der Waals surface area contributed by atoms with E-state index in [4.69, 9.17) is 14.0 Å². The van der Waals surface area contributed by atoms with Crippen LogP contribution in [-0.4, -0.2) is 20.4 Å². The minimum Gasteiger partial charge on any atom is -0.490 e. The summed E-state index contributed by atoms with van der Waals surface area (Å²) in [5, 5.41) is 0. The highest BCUT2D eigenvalue weighted by Gasteiger charge is 2.36. The number of unbranched alkanes of at least 4 members (excludes halogenated alkanes) is 11. The summed E-state index contributed by atoms with van der Waals surface area (Å²) in [6, 6.07) is 9.95. The van der Waals surface area contributed by atoms with Crippen molar-refractivity contribution in [2.75, 3.05) is 18.0 Å². The predicted octanol–water partition coefficient (Wildman–Crippen LogP) is 13.2. The molecule has 0 aliphatic heterocycles. The first-order valence-corrected chi connectivity index (χ1v) is 17.9. The molecule has 0 heterocycles. The molecule has 0 unspecified atom stereocenters. The summed E-state index contributed by atoms with van der Waals surface area (Å²) in [5.41, 5.74) is -2.73. The monoisotopic (exact) mass is 747 g/mol. The fraction of sp³-hybridized carbons (Fsp3) is 0.526. The average Bonchev–Trinajstić information content (AvgIpc) is 3.08. The zero-order chi connectivity index (χ0) is 38.2. The largest absolute Gasteiger partial charge is 0.864 e. The van der Waals surface area contributed by atoms with Crippen LogP contribution in [-0.2, 0) is 18.5 Å². The third kappa shape index (κ3) is 14.7. The summed E-state index contributed by atoms with van der Waals surface area (Å²) in [6.07, 6.45) is -0.343. The van der Waals surface area contributed by atoms with E-state index in [0.717, 1.165) is 98.8 Å². The summed E-state index contributed by atoms with van der Waals surface area (Å²) >= 11 is 0. The Balaban J connectivity index is 1.85. The normalized spacial score (nSPS) is 12.1. The first-order valence-electron chi connectivity index (χ1n) is 17.9. The highest BCUT2D eigenvalue weighted by Crippen LogP contribution is 2.38. The molecule has 14 heteroatoms. The second-order valence-corrected chi connectivity index (χ2v) is 12.7. The quantitative estimate of drug-likeness (QED) is 0.0582. The molecular weight excluding hydrogens is 700 g/mol. The molecule has 4 nitrogen and oxygen atoms in total. The van der Waals surface area contributed by atoms with Crippen LogP contribution in [0.25, 0.3) is 0 Å². The second-order valence-electron chi connectivity index (χ2n) is 12.7. The number of hydrogen-bond donors (Lipinski definition) is 0. The van der Waals surface area contributed by atoms with Gasteiger partial charge in [0.1, 0.15) is 17.2 Å². The third-order valence-electron chi connectivity index (χ3n) is 8.49. The van der Waals surface area contributed by atoms with Crippen LogP contribution in [0.4, 0.5) is 45.2 Å². The molecule has 0 saturated heterocycles. The second kappa shape index (κ2) is 20.5. The molecule has 0 radical (unpaired) electrons. The molecule has 0 atom stereocenters. The van der Waals surface area contributed by atoms with Crippen LogP contribution >= 0.6 is 0 Å². The van der Waals surface area contributed by atoms with Gasteiger partial charge in [0, 0.05) is 13.1 Å². The van der Waals surface area contributed by atoms with Crippen LogP contribution in [0, 0.1) is 0 Å². The van der Waals surface area contributed by atoms with Crippen LogP contribution in [0.1, 0.15) is 114 Å². The molecule has 0 saturated carbocycles. The van der Waals surface area contributed by atoms with Gasteiger partial charge in [0.25, 0.3) is 0 Å². The van der Waals surface area contributed by atoms with E-state index < -0.39 is 42.5 Å². The van der Waals surface area contributed by atoms with Crippen LogP contribution in [0.15, 0.2) is 66.7 Å². The van der Waals surface area contributed by atoms with E-state index in [1.54, 1.807) is 4.90 Å². The first kappa shape index (κ1) is 42.7. The van der Waals surface area contributed by atoms with E-state index in [2.05, 4.69) is 6.92 Å². The smallest absolute Gasteiger partial charge is 0.490 e. The molecule has 3 rings (SSSR count). The Morgan fingerprint density at radius 1 is 0.462 bits per heavy atom. The summed E-state index contributed by atoms with van der Waals surface area (Å²) < 4.78 is 138. The lowest BCUT2D eigenvalue weighted by atomic mass is 10.1. The van der Waals surface area contributed by atoms with Gasteiger partial charge in [-0.05, 0) is 79.6 Å². The van der Waals surface area contributed by atoms with Crippen LogP contribution < -0.4 is 18.9 Å². The summed E-state index contributed by atoms with van der Waals surface area (Å²) in [4.78, 5) is 1.80. The van der Waals surface area contributed by atoms with Crippen molar-refractivity contribution in [1.29, 1.82) is 0 Å². The Morgan fingerprint density at radius 2 is 0.846 bits per heavy atom. The Labute approximate surface area is 300 Å². The zero-order valence-corrected chi connectivity index (χ0v) is 29.6.